The number of hydrogen-bond acceptors (Lipinski definition) is 8. The summed E-state index contributed by atoms with van der Waals surface area (Å²) in [6, 6.07) is 9.51. The maximum Gasteiger partial charge on any atom is 0.338 e. The lowest BCUT2D eigenvalue weighted by molar-refractivity contribution is -0.294. The lowest BCUT2D eigenvalue weighted by Crippen LogP contribution is -2.78. The van der Waals surface area contributed by atoms with Crippen LogP contribution < -0.4 is 0 Å². The molecule has 1 saturated heterocycles. The van der Waals surface area contributed by atoms with E-state index in [1.807, 2.05) is 44.6 Å². The van der Waals surface area contributed by atoms with E-state index in [1.165, 1.54) is 0 Å². The van der Waals surface area contributed by atoms with Crippen molar-refractivity contribution in [2.45, 2.75) is 134 Å². The van der Waals surface area contributed by atoms with E-state index in [9.17, 15) is 9.90 Å². The third kappa shape index (κ3) is 4.23. The van der Waals surface area contributed by atoms with E-state index >= 15 is 0 Å². The van der Waals surface area contributed by atoms with E-state index in [0.29, 0.717) is 17.9 Å². The molecule has 1 heterocycles. The van der Waals surface area contributed by atoms with Gasteiger partial charge in [0, 0.05) is 62.5 Å². The number of piperidine rings is 1. The Balaban J connectivity index is 1.55. The topological polar surface area (TPSA) is 86.7 Å². The molecule has 1 N–H and O–H groups in total. The first-order valence-corrected chi connectivity index (χ1v) is 22.5. The van der Waals surface area contributed by atoms with Gasteiger partial charge in [0.15, 0.2) is 8.32 Å². The van der Waals surface area contributed by atoms with Gasteiger partial charge < -0.3 is 28.5 Å². The summed E-state index contributed by atoms with van der Waals surface area (Å²) in [6.45, 7) is 22.7. The fourth-order valence-corrected chi connectivity index (χ4v) is 15.6. The van der Waals surface area contributed by atoms with Gasteiger partial charge >= 0.3 is 5.97 Å². The third-order valence-electron chi connectivity index (χ3n) is 16.7. The molecular formula is C41H65NO7Si. The van der Waals surface area contributed by atoms with E-state index in [2.05, 4.69) is 66.5 Å². The Morgan fingerprint density at radius 3 is 2.20 bits per heavy atom. The number of aliphatic hydroxyl groups is 1. The van der Waals surface area contributed by atoms with E-state index in [1.54, 1.807) is 7.11 Å². The Bertz CT molecular complexity index is 1450. The van der Waals surface area contributed by atoms with Gasteiger partial charge in [-0.1, -0.05) is 66.7 Å². The van der Waals surface area contributed by atoms with Crippen LogP contribution in [0.3, 0.4) is 0 Å². The number of rotatable bonds is 10. The molecule has 1 spiro atoms. The quantitative estimate of drug-likeness (QED) is 0.209. The van der Waals surface area contributed by atoms with Crippen LogP contribution in [0.5, 0.6) is 0 Å². The van der Waals surface area contributed by atoms with Crippen LogP contribution >= 0.6 is 0 Å². The summed E-state index contributed by atoms with van der Waals surface area (Å²) in [5.74, 6) is 0.226. The molecule has 7 bridgehead atoms. The van der Waals surface area contributed by atoms with Gasteiger partial charge in [0.25, 0.3) is 0 Å². The van der Waals surface area contributed by atoms with Crippen molar-refractivity contribution in [1.82, 2.24) is 4.90 Å². The van der Waals surface area contributed by atoms with Gasteiger partial charge in [0.05, 0.1) is 23.9 Å². The first-order chi connectivity index (χ1) is 23.6. The first kappa shape index (κ1) is 37.0. The normalized spacial score (nSPS) is 47.7. The second-order valence-corrected chi connectivity index (χ2v) is 23.3. The van der Waals surface area contributed by atoms with Gasteiger partial charge in [0.2, 0.25) is 0 Å². The SMILES string of the molecule is CCN1CC2(CC)C3C(OC)C4C1C3(C(OC)C[C@H]2C)[C@H]1C[C@@]2(O[Si](C)(C)C(C)(C)C)C(OC(=O)c3ccccc3)C1[C@]4(CC)[C@@H](O)[C@@H]2OC. The van der Waals surface area contributed by atoms with Gasteiger partial charge in [0.1, 0.15) is 17.8 Å². The second kappa shape index (κ2) is 12.1. The highest BCUT2D eigenvalue weighted by atomic mass is 28.4. The number of ether oxygens (including phenoxy) is 4. The zero-order valence-corrected chi connectivity index (χ0v) is 33.8. The number of benzene rings is 1. The van der Waals surface area contributed by atoms with Crippen LogP contribution in [0.2, 0.25) is 18.1 Å². The van der Waals surface area contributed by atoms with Crippen LogP contribution in [0.1, 0.15) is 84.5 Å². The smallest absolute Gasteiger partial charge is 0.338 e. The van der Waals surface area contributed by atoms with Crippen LogP contribution in [0.15, 0.2) is 30.3 Å². The third-order valence-corrected chi connectivity index (χ3v) is 21.2. The van der Waals surface area contributed by atoms with Gasteiger partial charge in [-0.05, 0) is 79.7 Å². The molecule has 0 aromatic heterocycles. The number of aliphatic hydroxyl groups excluding tert-OH is 1. The van der Waals surface area contributed by atoms with E-state index in [-0.39, 0.29) is 63.8 Å². The van der Waals surface area contributed by atoms with E-state index < -0.39 is 37.6 Å². The number of likely N-dealkylation sites (tertiary alicyclic amines) is 1. The molecule has 1 aliphatic heterocycles. The minimum Gasteiger partial charge on any atom is -0.455 e. The van der Waals surface area contributed by atoms with Gasteiger partial charge in [-0.25, -0.2) is 4.79 Å². The Kier molecular flexibility index (Phi) is 8.95. The number of carbonyl (C=O) groups is 1. The molecule has 0 radical (unpaired) electrons. The Labute approximate surface area is 302 Å². The zero-order chi connectivity index (χ0) is 36.4. The Hall–Kier alpha value is -1.33. The summed E-state index contributed by atoms with van der Waals surface area (Å²) in [4.78, 5) is 17.1. The van der Waals surface area contributed by atoms with Crippen molar-refractivity contribution in [1.29, 1.82) is 0 Å². The van der Waals surface area contributed by atoms with Gasteiger partial charge in [-0.2, -0.15) is 0 Å². The summed E-state index contributed by atoms with van der Waals surface area (Å²) in [5, 5.41) is 13.1. The summed E-state index contributed by atoms with van der Waals surface area (Å²) in [6.07, 6.45) is 1.21. The van der Waals surface area contributed by atoms with E-state index in [4.69, 9.17) is 23.4 Å². The molecule has 1 aromatic rings. The molecule has 15 atom stereocenters. The fraction of sp³-hybridized carbons (Fsp3) is 0.829. The number of fused-ring (bicyclic) bond motifs is 2. The van der Waals surface area contributed by atoms with Crippen molar-refractivity contribution in [3.05, 3.63) is 35.9 Å². The van der Waals surface area contributed by atoms with Crippen molar-refractivity contribution in [2.24, 2.45) is 45.8 Å². The molecule has 7 rings (SSSR count). The first-order valence-electron chi connectivity index (χ1n) is 19.6. The van der Waals surface area contributed by atoms with Crippen molar-refractivity contribution in [3.8, 4) is 0 Å². The molecule has 6 fully saturated rings. The number of esters is 1. The van der Waals surface area contributed by atoms with Crippen molar-refractivity contribution < 1.29 is 33.3 Å². The second-order valence-electron chi connectivity index (χ2n) is 18.6. The fourth-order valence-electron chi connectivity index (χ4n) is 14.0. The van der Waals surface area contributed by atoms with Crippen LogP contribution in [0.25, 0.3) is 0 Å². The molecule has 0 amide bonds. The summed E-state index contributed by atoms with van der Waals surface area (Å²) < 4.78 is 34.9. The van der Waals surface area contributed by atoms with Gasteiger partial charge in [-0.15, -0.1) is 0 Å². The van der Waals surface area contributed by atoms with Crippen molar-refractivity contribution in [3.63, 3.8) is 0 Å². The summed E-state index contributed by atoms with van der Waals surface area (Å²) in [5.41, 5.74) is -1.40. The monoisotopic (exact) mass is 711 g/mol. The standard InChI is InChI=1S/C41H65NO7Si/c1-13-38-23-42(15-3)32-29-30(46-9)31(38)41(32,27(45-8)21-24(38)4)26-22-40(49-50(11,12)37(5,6)7)34(48-36(44)25-19-17-16-18-20-25)28(26)39(29,14-2)33(43)35(40)47-10/h16-20,24,26-35,43H,13-15,21-23H2,1-12H3/t24-,26+,27?,28?,29?,30?,31?,32?,33+,34?,35+,38?,39+,40-,41?/m1/s1. The molecule has 1 aromatic carbocycles. The summed E-state index contributed by atoms with van der Waals surface area (Å²) >= 11 is 0. The molecule has 9 unspecified atom stereocenters. The molecule has 6 aliphatic rings. The molecule has 9 heteroatoms. The van der Waals surface area contributed by atoms with Crippen LogP contribution in [0, 0.1) is 45.8 Å². The molecule has 5 aliphatic carbocycles. The largest absolute Gasteiger partial charge is 0.455 e. The molecule has 280 valence electrons. The average molecular weight is 712 g/mol. The lowest BCUT2D eigenvalue weighted by atomic mass is 9.39. The minimum absolute atomic E-state index is 0.00286. The zero-order valence-electron chi connectivity index (χ0n) is 32.8. The van der Waals surface area contributed by atoms with E-state index in [0.717, 1.165) is 32.4 Å². The highest BCUT2D eigenvalue weighted by molar-refractivity contribution is 6.74. The van der Waals surface area contributed by atoms with Crippen LogP contribution in [0.4, 0.5) is 0 Å². The van der Waals surface area contributed by atoms with Crippen LogP contribution in [-0.4, -0.2) is 101 Å². The van der Waals surface area contributed by atoms with Crippen LogP contribution in [-0.2, 0) is 23.4 Å². The number of hydrogen-bond donors (Lipinski definition) is 1. The number of carbonyl (C=O) groups excluding carboxylic acids is 1. The Morgan fingerprint density at radius 1 is 0.980 bits per heavy atom. The highest BCUT2D eigenvalue weighted by Crippen LogP contribution is 2.83. The molecule has 8 nitrogen and oxygen atoms in total. The maximum absolute atomic E-state index is 14.4. The Morgan fingerprint density at radius 2 is 1.66 bits per heavy atom. The van der Waals surface area contributed by atoms with Gasteiger partial charge in [-0.3, -0.25) is 4.90 Å². The maximum atomic E-state index is 14.4. The highest BCUT2D eigenvalue weighted by Gasteiger charge is 2.90. The molecule has 50 heavy (non-hydrogen) atoms. The number of nitrogens with zero attached hydrogens (tertiary/aromatic N) is 1. The average Bonchev–Trinajstić information content (AvgIpc) is 3.46. The van der Waals surface area contributed by atoms with Crippen molar-refractivity contribution >= 4 is 14.3 Å². The molecular weight excluding hydrogens is 647 g/mol. The summed E-state index contributed by atoms with van der Waals surface area (Å²) in [7, 11) is 3.01. The predicted molar refractivity (Wildman–Crippen MR) is 196 cm³/mol. The minimum atomic E-state index is -2.53. The van der Waals surface area contributed by atoms with Crippen molar-refractivity contribution in [2.75, 3.05) is 34.4 Å². The predicted octanol–water partition coefficient (Wildman–Crippen LogP) is 6.81. The lowest BCUT2D eigenvalue weighted by Gasteiger charge is -2.71. The molecule has 5 saturated carbocycles. The number of methoxy groups -OCH3 is 3.